The Labute approximate surface area is 86.7 Å². The lowest BCUT2D eigenvalue weighted by molar-refractivity contribution is 0.631. The molecule has 3 rings (SSSR count). The van der Waals surface area contributed by atoms with Gasteiger partial charge in [0.2, 0.25) is 0 Å². The van der Waals surface area contributed by atoms with Crippen molar-refractivity contribution >= 4 is 0 Å². The van der Waals surface area contributed by atoms with Crippen LogP contribution in [-0.4, -0.2) is 0 Å². The van der Waals surface area contributed by atoms with E-state index in [1.54, 1.807) is 0 Å². The molecule has 0 aliphatic heterocycles. The van der Waals surface area contributed by atoms with Crippen LogP contribution in [0.15, 0.2) is 46.6 Å². The molecule has 0 saturated heterocycles. The van der Waals surface area contributed by atoms with Crippen LogP contribution >= 0.6 is 0 Å². The molecule has 0 unspecified atom stereocenters. The highest BCUT2D eigenvalue weighted by Crippen LogP contribution is 2.52. The third kappa shape index (κ3) is 0.890. The Bertz CT molecular complexity index is 338. The van der Waals surface area contributed by atoms with Gasteiger partial charge in [0, 0.05) is 11.8 Å². The van der Waals surface area contributed by atoms with Crippen LogP contribution in [0, 0.1) is 11.8 Å². The second kappa shape index (κ2) is 2.73. The normalized spacial score (nSPS) is 32.0. The van der Waals surface area contributed by atoms with Crippen LogP contribution in [0.2, 0.25) is 0 Å². The minimum absolute atomic E-state index is 0.451. The topological polar surface area (TPSA) is 0 Å². The maximum Gasteiger partial charge on any atom is 0.0255 e. The first-order chi connectivity index (χ1) is 6.46. The van der Waals surface area contributed by atoms with Crippen LogP contribution < -0.4 is 0 Å². The molecule has 0 aromatic rings. The van der Waals surface area contributed by atoms with Crippen LogP contribution in [-0.2, 0) is 0 Å². The Balaban J connectivity index is 2.70. The van der Waals surface area contributed by atoms with Crippen LogP contribution in [0.5, 0.6) is 0 Å². The Morgan fingerprint density at radius 2 is 0.857 bits per heavy atom. The number of allylic oxidation sites excluding steroid dienone is 6. The highest BCUT2D eigenvalue weighted by Gasteiger charge is 2.38. The molecule has 0 heteroatoms. The minimum atomic E-state index is 0.451. The van der Waals surface area contributed by atoms with Crippen molar-refractivity contribution in [2.45, 2.75) is 27.7 Å². The van der Waals surface area contributed by atoms with E-state index in [-0.39, 0.29) is 0 Å². The van der Waals surface area contributed by atoms with Crippen molar-refractivity contribution in [3.63, 3.8) is 0 Å². The van der Waals surface area contributed by atoms with Gasteiger partial charge in [-0.25, -0.2) is 0 Å². The molecule has 0 fully saturated rings. The molecule has 0 nitrogen and oxygen atoms in total. The van der Waals surface area contributed by atoms with E-state index >= 15 is 0 Å². The van der Waals surface area contributed by atoms with E-state index in [1.807, 2.05) is 0 Å². The summed E-state index contributed by atoms with van der Waals surface area (Å²) in [7, 11) is 0. The third-order valence-corrected chi connectivity index (χ3v) is 4.09. The molecule has 0 spiro atoms. The van der Waals surface area contributed by atoms with E-state index in [1.165, 1.54) is 33.4 Å². The van der Waals surface area contributed by atoms with Crippen LogP contribution in [0.1, 0.15) is 27.7 Å². The molecule has 74 valence electrons. The van der Waals surface area contributed by atoms with Crippen molar-refractivity contribution in [1.82, 2.24) is 0 Å². The smallest absolute Gasteiger partial charge is 0.0255 e. The molecule has 3 aliphatic carbocycles. The summed E-state index contributed by atoms with van der Waals surface area (Å²) < 4.78 is 0. The second-order valence-electron chi connectivity index (χ2n) is 4.65. The Hall–Kier alpha value is -1.04. The zero-order chi connectivity index (χ0) is 10.6. The molecule has 0 heterocycles. The summed E-state index contributed by atoms with van der Waals surface area (Å²) in [4.78, 5) is 0. The van der Waals surface area contributed by atoms with Crippen molar-refractivity contribution in [3.8, 4) is 0 Å². The predicted octanol–water partition coefficient (Wildman–Crippen LogP) is 4.03. The molecule has 0 saturated carbocycles. The fourth-order valence-electron chi connectivity index (χ4n) is 2.98. The molecule has 0 aromatic carbocycles. The Kier molecular flexibility index (Phi) is 1.85. The fourth-order valence-corrected chi connectivity index (χ4v) is 2.98. The maximum absolute atomic E-state index is 4.18. The summed E-state index contributed by atoms with van der Waals surface area (Å²) in [5.74, 6) is 0.903. The van der Waals surface area contributed by atoms with E-state index < -0.39 is 0 Å². The first-order valence-electron chi connectivity index (χ1n) is 5.19. The molecular formula is C14H18. The summed E-state index contributed by atoms with van der Waals surface area (Å²) in [5, 5.41) is 0. The third-order valence-electron chi connectivity index (χ3n) is 4.09. The van der Waals surface area contributed by atoms with E-state index in [4.69, 9.17) is 0 Å². The quantitative estimate of drug-likeness (QED) is 0.501. The zero-order valence-corrected chi connectivity index (χ0v) is 9.57. The SMILES string of the molecule is C=C1C(=C)C2C(C)=C(C)C1C(C)=C2C. The molecule has 0 aromatic heterocycles. The molecule has 2 bridgehead atoms. The van der Waals surface area contributed by atoms with Gasteiger partial charge in [-0.1, -0.05) is 35.5 Å². The van der Waals surface area contributed by atoms with Crippen LogP contribution in [0.4, 0.5) is 0 Å². The number of rotatable bonds is 0. The van der Waals surface area contributed by atoms with Crippen molar-refractivity contribution in [2.24, 2.45) is 11.8 Å². The van der Waals surface area contributed by atoms with Gasteiger partial charge in [0.1, 0.15) is 0 Å². The van der Waals surface area contributed by atoms with E-state index in [0.717, 1.165) is 0 Å². The van der Waals surface area contributed by atoms with Gasteiger partial charge in [-0.05, 0) is 38.8 Å². The molecule has 0 atom stereocenters. The number of hydrogen-bond donors (Lipinski definition) is 0. The molecule has 3 aliphatic rings. The van der Waals surface area contributed by atoms with Gasteiger partial charge in [0.05, 0.1) is 0 Å². The average Bonchev–Trinajstić information content (AvgIpc) is 2.12. The summed E-state index contributed by atoms with van der Waals surface area (Å²) >= 11 is 0. The summed E-state index contributed by atoms with van der Waals surface area (Å²) in [6.45, 7) is 17.3. The van der Waals surface area contributed by atoms with Crippen molar-refractivity contribution < 1.29 is 0 Å². The van der Waals surface area contributed by atoms with Gasteiger partial charge in [0.25, 0.3) is 0 Å². The summed E-state index contributed by atoms with van der Waals surface area (Å²) in [5.41, 5.74) is 8.46. The highest BCUT2D eigenvalue weighted by molar-refractivity contribution is 5.59. The van der Waals surface area contributed by atoms with Gasteiger partial charge in [-0.2, -0.15) is 0 Å². The summed E-state index contributed by atoms with van der Waals surface area (Å²) in [6.07, 6.45) is 0. The van der Waals surface area contributed by atoms with Gasteiger partial charge in [-0.3, -0.25) is 0 Å². The number of fused-ring (bicyclic) bond motifs is 1. The lowest BCUT2D eigenvalue weighted by Crippen LogP contribution is -2.30. The lowest BCUT2D eigenvalue weighted by atomic mass is 9.61. The second-order valence-corrected chi connectivity index (χ2v) is 4.65. The lowest BCUT2D eigenvalue weighted by Gasteiger charge is -2.43. The summed E-state index contributed by atoms with van der Waals surface area (Å²) in [6, 6.07) is 0. The first-order valence-corrected chi connectivity index (χ1v) is 5.19. The van der Waals surface area contributed by atoms with Gasteiger partial charge >= 0.3 is 0 Å². The Morgan fingerprint density at radius 3 is 1.07 bits per heavy atom. The minimum Gasteiger partial charge on any atom is -0.0946 e. The molecule has 0 amide bonds. The number of hydrogen-bond acceptors (Lipinski definition) is 0. The van der Waals surface area contributed by atoms with E-state index in [9.17, 15) is 0 Å². The highest BCUT2D eigenvalue weighted by atomic mass is 14.4. The van der Waals surface area contributed by atoms with E-state index in [0.29, 0.717) is 11.8 Å². The van der Waals surface area contributed by atoms with Crippen molar-refractivity contribution in [3.05, 3.63) is 46.6 Å². The maximum atomic E-state index is 4.18. The van der Waals surface area contributed by atoms with Crippen molar-refractivity contribution in [2.75, 3.05) is 0 Å². The largest absolute Gasteiger partial charge is 0.0946 e. The fraction of sp³-hybridized carbons (Fsp3) is 0.429. The first kappa shape index (κ1) is 9.51. The predicted molar refractivity (Wildman–Crippen MR) is 62.0 cm³/mol. The zero-order valence-electron chi connectivity index (χ0n) is 9.57. The monoisotopic (exact) mass is 186 g/mol. The van der Waals surface area contributed by atoms with Gasteiger partial charge in [-0.15, -0.1) is 0 Å². The average molecular weight is 186 g/mol. The standard InChI is InChI=1S/C14H18/c1-7-8(2)14-11(5)9(3)13(7)10(4)12(14)6/h13-14H,1-2H2,3-6H3. The Morgan fingerprint density at radius 1 is 0.643 bits per heavy atom. The molecular weight excluding hydrogens is 168 g/mol. The van der Waals surface area contributed by atoms with Crippen LogP contribution in [0.25, 0.3) is 0 Å². The van der Waals surface area contributed by atoms with Crippen LogP contribution in [0.3, 0.4) is 0 Å². The molecule has 0 radical (unpaired) electrons. The van der Waals surface area contributed by atoms with E-state index in [2.05, 4.69) is 40.9 Å². The molecule has 14 heavy (non-hydrogen) atoms. The van der Waals surface area contributed by atoms with Crippen molar-refractivity contribution in [1.29, 1.82) is 0 Å². The van der Waals surface area contributed by atoms with Gasteiger partial charge in [0.15, 0.2) is 0 Å². The van der Waals surface area contributed by atoms with Gasteiger partial charge < -0.3 is 0 Å². The molecule has 0 N–H and O–H groups in total.